The second-order valence-electron chi connectivity index (χ2n) is 8.44. The number of aliphatic imine (C=N–C) groups is 1. The van der Waals surface area contributed by atoms with Gasteiger partial charge in [-0.2, -0.15) is 0 Å². The van der Waals surface area contributed by atoms with Gasteiger partial charge in [0, 0.05) is 32.4 Å². The highest BCUT2D eigenvalue weighted by Crippen LogP contribution is 2.18. The van der Waals surface area contributed by atoms with Crippen LogP contribution in [0.25, 0.3) is 0 Å². The molecular formula is C22H39IN4O2S. The summed E-state index contributed by atoms with van der Waals surface area (Å²) in [5.74, 6) is 1.35. The summed E-state index contributed by atoms with van der Waals surface area (Å²) in [5, 5.41) is 6.84. The maximum Gasteiger partial charge on any atom is 0.191 e. The van der Waals surface area contributed by atoms with Gasteiger partial charge < -0.3 is 10.6 Å². The molecule has 0 amide bonds. The Labute approximate surface area is 200 Å². The number of sulfone groups is 1. The standard InChI is InChI=1S/C22H38N4O2S.HI/c1-17(2)20(26-12-8-6-7-9-13-26)16-25-22(23-4)24-15-19-10-11-21(18(3)14-19)29(5,27)28;/h10-11,14,17,20H,6-9,12-13,15-16H2,1-5H3,(H2,23,24,25);1H. The Balaban J connectivity index is 0.00000450. The maximum atomic E-state index is 11.8. The number of nitrogens with one attached hydrogen (secondary N) is 2. The average molecular weight is 551 g/mol. The summed E-state index contributed by atoms with van der Waals surface area (Å²) >= 11 is 0. The molecule has 1 aromatic rings. The van der Waals surface area contributed by atoms with E-state index in [-0.39, 0.29) is 24.0 Å². The Kier molecular flexibility index (Phi) is 11.6. The van der Waals surface area contributed by atoms with Gasteiger partial charge in [-0.15, -0.1) is 24.0 Å². The van der Waals surface area contributed by atoms with Crippen molar-refractivity contribution in [1.82, 2.24) is 15.5 Å². The van der Waals surface area contributed by atoms with Crippen molar-refractivity contribution in [1.29, 1.82) is 0 Å². The van der Waals surface area contributed by atoms with Crippen LogP contribution in [0, 0.1) is 12.8 Å². The highest BCUT2D eigenvalue weighted by molar-refractivity contribution is 14.0. The van der Waals surface area contributed by atoms with Gasteiger partial charge >= 0.3 is 0 Å². The van der Waals surface area contributed by atoms with E-state index >= 15 is 0 Å². The van der Waals surface area contributed by atoms with Crippen LogP contribution in [0.15, 0.2) is 28.1 Å². The summed E-state index contributed by atoms with van der Waals surface area (Å²) in [6.45, 7) is 10.2. The van der Waals surface area contributed by atoms with Crippen LogP contribution in [0.5, 0.6) is 0 Å². The summed E-state index contributed by atoms with van der Waals surface area (Å²) in [7, 11) is -1.41. The number of rotatable bonds is 7. The van der Waals surface area contributed by atoms with Gasteiger partial charge in [0.1, 0.15) is 0 Å². The molecule has 2 N–H and O–H groups in total. The fraction of sp³-hybridized carbons (Fsp3) is 0.682. The topological polar surface area (TPSA) is 73.8 Å². The molecule has 0 radical (unpaired) electrons. The second kappa shape index (κ2) is 12.9. The zero-order chi connectivity index (χ0) is 21.4. The summed E-state index contributed by atoms with van der Waals surface area (Å²) in [6.07, 6.45) is 6.51. The van der Waals surface area contributed by atoms with E-state index in [1.807, 2.05) is 19.1 Å². The Bertz CT molecular complexity index is 788. The Morgan fingerprint density at radius 3 is 2.27 bits per heavy atom. The van der Waals surface area contributed by atoms with Crippen LogP contribution < -0.4 is 10.6 Å². The molecule has 2 rings (SSSR count). The molecule has 0 bridgehead atoms. The van der Waals surface area contributed by atoms with Crippen LogP contribution in [0.4, 0.5) is 0 Å². The van der Waals surface area contributed by atoms with Crippen molar-refractivity contribution in [3.05, 3.63) is 29.3 Å². The third kappa shape index (κ3) is 8.34. The Morgan fingerprint density at radius 1 is 1.13 bits per heavy atom. The summed E-state index contributed by atoms with van der Waals surface area (Å²) < 4.78 is 23.6. The van der Waals surface area contributed by atoms with Crippen LogP contribution >= 0.6 is 24.0 Å². The minimum absolute atomic E-state index is 0. The molecule has 1 aliphatic rings. The van der Waals surface area contributed by atoms with Gasteiger partial charge in [0.25, 0.3) is 0 Å². The molecule has 8 heteroatoms. The number of hydrogen-bond donors (Lipinski definition) is 2. The highest BCUT2D eigenvalue weighted by Gasteiger charge is 2.22. The monoisotopic (exact) mass is 550 g/mol. The number of benzene rings is 1. The van der Waals surface area contributed by atoms with Crippen LogP contribution in [-0.2, 0) is 16.4 Å². The molecule has 1 unspecified atom stereocenters. The molecule has 1 atom stereocenters. The molecular weight excluding hydrogens is 511 g/mol. The zero-order valence-electron chi connectivity index (χ0n) is 19.1. The lowest BCUT2D eigenvalue weighted by Gasteiger charge is -2.34. The van der Waals surface area contributed by atoms with Crippen molar-refractivity contribution >= 4 is 39.8 Å². The fourth-order valence-corrected chi connectivity index (χ4v) is 5.02. The van der Waals surface area contributed by atoms with Gasteiger partial charge in [0.05, 0.1) is 4.90 Å². The lowest BCUT2D eigenvalue weighted by Crippen LogP contribution is -2.49. The smallest absolute Gasteiger partial charge is 0.191 e. The maximum absolute atomic E-state index is 11.8. The highest BCUT2D eigenvalue weighted by atomic mass is 127. The molecule has 6 nitrogen and oxygen atoms in total. The second-order valence-corrected chi connectivity index (χ2v) is 10.4. The van der Waals surface area contributed by atoms with Crippen molar-refractivity contribution in [3.63, 3.8) is 0 Å². The van der Waals surface area contributed by atoms with Crippen molar-refractivity contribution in [3.8, 4) is 0 Å². The first-order valence-corrected chi connectivity index (χ1v) is 12.6. The largest absolute Gasteiger partial charge is 0.355 e. The van der Waals surface area contributed by atoms with E-state index < -0.39 is 9.84 Å². The van der Waals surface area contributed by atoms with Gasteiger partial charge in [-0.1, -0.05) is 38.8 Å². The van der Waals surface area contributed by atoms with E-state index in [1.165, 1.54) is 45.0 Å². The van der Waals surface area contributed by atoms with Crippen LogP contribution in [0.3, 0.4) is 0 Å². The minimum atomic E-state index is -3.19. The van der Waals surface area contributed by atoms with Gasteiger partial charge in [-0.3, -0.25) is 9.89 Å². The zero-order valence-corrected chi connectivity index (χ0v) is 22.2. The van der Waals surface area contributed by atoms with Crippen LogP contribution in [-0.4, -0.2) is 58.3 Å². The van der Waals surface area contributed by atoms with E-state index in [0.29, 0.717) is 23.4 Å². The SMILES string of the molecule is CN=C(NCc1ccc(S(C)(=O)=O)c(C)c1)NCC(C(C)C)N1CCCCCC1.I. The first-order valence-electron chi connectivity index (χ1n) is 10.7. The lowest BCUT2D eigenvalue weighted by molar-refractivity contribution is 0.161. The lowest BCUT2D eigenvalue weighted by atomic mass is 10.0. The third-order valence-electron chi connectivity index (χ3n) is 5.68. The van der Waals surface area contributed by atoms with E-state index in [0.717, 1.165) is 23.6 Å². The summed E-state index contributed by atoms with van der Waals surface area (Å²) in [5.41, 5.74) is 1.81. The number of aryl methyl sites for hydroxylation is 1. The average Bonchev–Trinajstić information content (AvgIpc) is 2.92. The number of likely N-dealkylation sites (tertiary alicyclic amines) is 1. The van der Waals surface area contributed by atoms with E-state index in [2.05, 4.69) is 34.4 Å². The van der Waals surface area contributed by atoms with Gasteiger partial charge in [-0.05, 0) is 56.0 Å². The predicted molar refractivity (Wildman–Crippen MR) is 137 cm³/mol. The van der Waals surface area contributed by atoms with Gasteiger partial charge in [-0.25, -0.2) is 8.42 Å². The normalized spacial score (nSPS) is 17.2. The van der Waals surface area contributed by atoms with Gasteiger partial charge in [0.15, 0.2) is 15.8 Å². The predicted octanol–water partition coefficient (Wildman–Crippen LogP) is 3.58. The molecule has 0 aliphatic carbocycles. The molecule has 0 saturated carbocycles. The molecule has 1 aromatic carbocycles. The quantitative estimate of drug-likeness (QED) is 0.309. The summed E-state index contributed by atoms with van der Waals surface area (Å²) in [4.78, 5) is 7.38. The molecule has 1 heterocycles. The molecule has 1 saturated heterocycles. The summed E-state index contributed by atoms with van der Waals surface area (Å²) in [6, 6.07) is 5.96. The van der Waals surface area contributed by atoms with Crippen molar-refractivity contribution in [2.75, 3.05) is 32.9 Å². The first-order chi connectivity index (χ1) is 13.7. The van der Waals surface area contributed by atoms with E-state index in [9.17, 15) is 8.42 Å². The van der Waals surface area contributed by atoms with E-state index in [1.54, 1.807) is 13.1 Å². The van der Waals surface area contributed by atoms with Crippen LogP contribution in [0.1, 0.15) is 50.7 Å². The number of hydrogen-bond acceptors (Lipinski definition) is 4. The van der Waals surface area contributed by atoms with Crippen molar-refractivity contribution in [2.24, 2.45) is 10.9 Å². The number of guanidine groups is 1. The van der Waals surface area contributed by atoms with Gasteiger partial charge in [0.2, 0.25) is 0 Å². The van der Waals surface area contributed by atoms with Crippen molar-refractivity contribution < 1.29 is 8.42 Å². The molecule has 1 aliphatic heterocycles. The number of nitrogens with zero attached hydrogens (tertiary/aromatic N) is 2. The molecule has 0 aromatic heterocycles. The van der Waals surface area contributed by atoms with Crippen molar-refractivity contribution in [2.45, 2.75) is 63.9 Å². The molecule has 0 spiro atoms. The minimum Gasteiger partial charge on any atom is -0.355 e. The third-order valence-corrected chi connectivity index (χ3v) is 6.94. The van der Waals surface area contributed by atoms with Crippen LogP contribution in [0.2, 0.25) is 0 Å². The molecule has 30 heavy (non-hydrogen) atoms. The Morgan fingerprint density at radius 2 is 1.77 bits per heavy atom. The number of halogens is 1. The Hall–Kier alpha value is -0.870. The molecule has 172 valence electrons. The molecule has 1 fully saturated rings. The fourth-order valence-electron chi connectivity index (χ4n) is 4.06. The van der Waals surface area contributed by atoms with E-state index in [4.69, 9.17) is 0 Å². The first kappa shape index (κ1) is 27.2.